The van der Waals surface area contributed by atoms with Crippen LogP contribution in [0.4, 0.5) is 11.6 Å². The van der Waals surface area contributed by atoms with Gasteiger partial charge in [-0.3, -0.25) is 0 Å². The van der Waals surface area contributed by atoms with Crippen molar-refractivity contribution in [2.24, 2.45) is 0 Å². The molecule has 0 unspecified atom stereocenters. The molecule has 0 aromatic carbocycles. The van der Waals surface area contributed by atoms with Gasteiger partial charge in [-0.2, -0.15) is 0 Å². The molecule has 0 spiro atoms. The fourth-order valence-electron chi connectivity index (χ4n) is 4.89. The first kappa shape index (κ1) is 31.4. The lowest BCUT2D eigenvalue weighted by atomic mass is 10.1. The summed E-state index contributed by atoms with van der Waals surface area (Å²) in [5.41, 5.74) is 0.966. The van der Waals surface area contributed by atoms with Crippen molar-refractivity contribution in [3.8, 4) is 0 Å². The number of nitrogens with zero attached hydrogens (tertiary/aromatic N) is 4. The molecule has 3 rings (SSSR count). The van der Waals surface area contributed by atoms with Gasteiger partial charge in [0.25, 0.3) is 0 Å². The molecule has 1 fully saturated rings. The van der Waals surface area contributed by atoms with E-state index in [0.29, 0.717) is 11.1 Å². The van der Waals surface area contributed by atoms with Crippen molar-refractivity contribution >= 4 is 23.6 Å². The standard InChI is InChI=1S/C32H48N4O4/c1-5-7-9-11-13-25(3)39-31(37)27-15-17-29(33-23-27)35-19-21-36(22-20-35)30-18-16-28(24-34-30)32(38)40-26(4)14-12-10-8-6-2/h15-18,23-26H,5-14,19-22H2,1-4H3/t25-,26-/m1/s1. The van der Waals surface area contributed by atoms with Crippen molar-refractivity contribution in [1.29, 1.82) is 0 Å². The predicted molar refractivity (Wildman–Crippen MR) is 160 cm³/mol. The van der Waals surface area contributed by atoms with Gasteiger partial charge < -0.3 is 19.3 Å². The minimum absolute atomic E-state index is 0.0886. The molecule has 1 saturated heterocycles. The van der Waals surface area contributed by atoms with Crippen LogP contribution in [0.2, 0.25) is 0 Å². The number of pyridine rings is 2. The molecule has 0 bridgehead atoms. The number of carbonyl (C=O) groups is 2. The maximum Gasteiger partial charge on any atom is 0.339 e. The van der Waals surface area contributed by atoms with Gasteiger partial charge in [-0.25, -0.2) is 19.6 Å². The lowest BCUT2D eigenvalue weighted by molar-refractivity contribution is 0.0308. The first-order chi connectivity index (χ1) is 19.4. The number of ether oxygens (including phenoxy) is 2. The maximum atomic E-state index is 12.5. The molecular formula is C32H48N4O4. The minimum Gasteiger partial charge on any atom is -0.459 e. The number of rotatable bonds is 16. The van der Waals surface area contributed by atoms with Gasteiger partial charge in [0.15, 0.2) is 0 Å². The van der Waals surface area contributed by atoms with Crippen LogP contribution in [-0.2, 0) is 9.47 Å². The summed E-state index contributed by atoms with van der Waals surface area (Å²) in [6.07, 6.45) is 14.2. The topological polar surface area (TPSA) is 84.9 Å². The van der Waals surface area contributed by atoms with E-state index in [4.69, 9.17) is 9.47 Å². The Hall–Kier alpha value is -3.16. The molecule has 8 nitrogen and oxygen atoms in total. The van der Waals surface area contributed by atoms with Gasteiger partial charge in [-0.15, -0.1) is 0 Å². The summed E-state index contributed by atoms with van der Waals surface area (Å²) in [4.78, 5) is 38.5. The summed E-state index contributed by atoms with van der Waals surface area (Å²) < 4.78 is 11.2. The zero-order chi connectivity index (χ0) is 28.7. The highest BCUT2D eigenvalue weighted by molar-refractivity contribution is 5.89. The highest BCUT2D eigenvalue weighted by atomic mass is 16.5. The van der Waals surface area contributed by atoms with Gasteiger partial charge in [-0.05, 0) is 63.8 Å². The SMILES string of the molecule is CCCCCC[C@@H](C)OC(=O)c1ccc(N2CCN(c3ccc(C(=O)O[C@H](C)CCCCCC)cn3)CC2)nc1. The van der Waals surface area contributed by atoms with Gasteiger partial charge in [0, 0.05) is 38.6 Å². The Morgan fingerprint density at radius 3 is 1.40 bits per heavy atom. The summed E-state index contributed by atoms with van der Waals surface area (Å²) in [7, 11) is 0. The molecule has 8 heteroatoms. The molecule has 0 saturated carbocycles. The monoisotopic (exact) mass is 552 g/mol. The van der Waals surface area contributed by atoms with E-state index in [1.165, 1.54) is 38.5 Å². The molecule has 0 aliphatic carbocycles. The molecule has 0 N–H and O–H groups in total. The second kappa shape index (κ2) is 16.8. The van der Waals surface area contributed by atoms with E-state index in [-0.39, 0.29) is 24.1 Å². The zero-order valence-corrected chi connectivity index (χ0v) is 24.9. The lowest BCUT2D eigenvalue weighted by Crippen LogP contribution is -2.47. The highest BCUT2D eigenvalue weighted by Gasteiger charge is 2.21. The van der Waals surface area contributed by atoms with Crippen LogP contribution in [0, 0.1) is 0 Å². The van der Waals surface area contributed by atoms with E-state index in [1.54, 1.807) is 24.5 Å². The molecule has 3 heterocycles. The van der Waals surface area contributed by atoms with Crippen LogP contribution in [0.5, 0.6) is 0 Å². The van der Waals surface area contributed by atoms with Crippen LogP contribution in [0.15, 0.2) is 36.7 Å². The van der Waals surface area contributed by atoms with Crippen molar-refractivity contribution in [2.45, 2.75) is 104 Å². The van der Waals surface area contributed by atoms with Crippen molar-refractivity contribution in [2.75, 3.05) is 36.0 Å². The van der Waals surface area contributed by atoms with Crippen LogP contribution in [-0.4, -0.2) is 60.3 Å². The van der Waals surface area contributed by atoms with Gasteiger partial charge >= 0.3 is 11.9 Å². The average molecular weight is 553 g/mol. The molecule has 2 aromatic rings. The number of aromatic nitrogens is 2. The van der Waals surface area contributed by atoms with Crippen LogP contribution < -0.4 is 9.80 Å². The fraction of sp³-hybridized carbons (Fsp3) is 0.625. The van der Waals surface area contributed by atoms with Crippen LogP contribution >= 0.6 is 0 Å². The van der Waals surface area contributed by atoms with Crippen LogP contribution in [0.1, 0.15) is 113 Å². The second-order valence-electron chi connectivity index (χ2n) is 10.9. The third kappa shape index (κ3) is 10.1. The third-order valence-corrected chi connectivity index (χ3v) is 7.44. The van der Waals surface area contributed by atoms with Crippen LogP contribution in [0.3, 0.4) is 0 Å². The van der Waals surface area contributed by atoms with Gasteiger partial charge in [0.2, 0.25) is 0 Å². The molecule has 2 atom stereocenters. The Bertz CT molecular complexity index is 937. The minimum atomic E-state index is -0.313. The summed E-state index contributed by atoms with van der Waals surface area (Å²) in [6.45, 7) is 11.4. The highest BCUT2D eigenvalue weighted by Crippen LogP contribution is 2.20. The largest absolute Gasteiger partial charge is 0.459 e. The summed E-state index contributed by atoms with van der Waals surface area (Å²) in [5.74, 6) is 1.07. The van der Waals surface area contributed by atoms with Crippen molar-refractivity contribution in [3.05, 3.63) is 47.8 Å². The Balaban J connectivity index is 1.42. The summed E-state index contributed by atoms with van der Waals surface area (Å²) in [5, 5.41) is 0. The second-order valence-corrected chi connectivity index (χ2v) is 10.9. The molecule has 2 aromatic heterocycles. The van der Waals surface area contributed by atoms with E-state index in [1.807, 2.05) is 26.0 Å². The smallest absolute Gasteiger partial charge is 0.339 e. The van der Waals surface area contributed by atoms with Crippen LogP contribution in [0.25, 0.3) is 0 Å². The number of hydrogen-bond acceptors (Lipinski definition) is 8. The van der Waals surface area contributed by atoms with Gasteiger partial charge in [-0.1, -0.05) is 52.4 Å². The molecule has 1 aliphatic rings. The maximum absolute atomic E-state index is 12.5. The Kier molecular flexibility index (Phi) is 13.2. The van der Waals surface area contributed by atoms with E-state index in [9.17, 15) is 9.59 Å². The first-order valence-electron chi connectivity index (χ1n) is 15.2. The first-order valence-corrected chi connectivity index (χ1v) is 15.2. The quantitative estimate of drug-likeness (QED) is 0.165. The lowest BCUT2D eigenvalue weighted by Gasteiger charge is -2.36. The van der Waals surface area contributed by atoms with Crippen molar-refractivity contribution in [1.82, 2.24) is 9.97 Å². The molecule has 40 heavy (non-hydrogen) atoms. The number of hydrogen-bond donors (Lipinski definition) is 0. The average Bonchev–Trinajstić information content (AvgIpc) is 2.98. The molecular weight excluding hydrogens is 504 g/mol. The number of esters is 2. The van der Waals surface area contributed by atoms with E-state index < -0.39 is 0 Å². The Labute approximate surface area is 240 Å². The van der Waals surface area contributed by atoms with Gasteiger partial charge in [0.1, 0.15) is 11.6 Å². The summed E-state index contributed by atoms with van der Waals surface area (Å²) >= 11 is 0. The normalized spacial score (nSPS) is 15.0. The number of unbranched alkanes of at least 4 members (excludes halogenated alkanes) is 6. The number of carbonyl (C=O) groups excluding carboxylic acids is 2. The van der Waals surface area contributed by atoms with Gasteiger partial charge in [0.05, 0.1) is 23.3 Å². The predicted octanol–water partition coefficient (Wildman–Crippen LogP) is 6.83. The van der Waals surface area contributed by atoms with E-state index >= 15 is 0 Å². The third-order valence-electron chi connectivity index (χ3n) is 7.44. The molecule has 1 aliphatic heterocycles. The Morgan fingerprint density at radius 2 is 1.07 bits per heavy atom. The number of anilines is 2. The Morgan fingerprint density at radius 1 is 0.675 bits per heavy atom. The van der Waals surface area contributed by atoms with Crippen molar-refractivity contribution in [3.63, 3.8) is 0 Å². The van der Waals surface area contributed by atoms with E-state index in [0.717, 1.165) is 63.5 Å². The molecule has 0 amide bonds. The molecule has 220 valence electrons. The van der Waals surface area contributed by atoms with E-state index in [2.05, 4.69) is 33.6 Å². The summed E-state index contributed by atoms with van der Waals surface area (Å²) in [6, 6.07) is 7.38. The van der Waals surface area contributed by atoms with Crippen molar-refractivity contribution < 1.29 is 19.1 Å². The molecule has 0 radical (unpaired) electrons. The zero-order valence-electron chi connectivity index (χ0n) is 24.9. The fourth-order valence-corrected chi connectivity index (χ4v) is 4.89. The number of piperazine rings is 1.